The van der Waals surface area contributed by atoms with Crippen LogP contribution < -0.4 is 10.6 Å². The van der Waals surface area contributed by atoms with Gasteiger partial charge in [0.05, 0.1) is 17.8 Å². The van der Waals surface area contributed by atoms with E-state index in [4.69, 9.17) is 1.41 Å². The number of hydrogen-bond donors (Lipinski definition) is 2. The topological polar surface area (TPSA) is 57.3 Å². The molecule has 0 spiro atoms. The molecule has 1 aromatic carbocycles. The molecular formula is C19H19F3N4O. The van der Waals surface area contributed by atoms with Crippen LogP contribution in [0.15, 0.2) is 36.5 Å². The van der Waals surface area contributed by atoms with Crippen molar-refractivity contribution in [1.82, 2.24) is 15.2 Å². The molecule has 1 aromatic heterocycles. The van der Waals surface area contributed by atoms with E-state index < -0.39 is 11.9 Å². The normalized spacial score (nSPS) is 18.5. The maximum Gasteiger partial charge on any atom is 0.433 e. The number of hydrogen-bond acceptors (Lipinski definition) is 4. The first-order valence-corrected chi connectivity index (χ1v) is 8.75. The predicted molar refractivity (Wildman–Crippen MR) is 94.4 cm³/mol. The summed E-state index contributed by atoms with van der Waals surface area (Å²) in [5.74, 6) is -0.0157. The van der Waals surface area contributed by atoms with E-state index in [1.807, 2.05) is 23.1 Å². The molecule has 0 radical (unpaired) electrons. The quantitative estimate of drug-likeness (QED) is 0.864. The Morgan fingerprint density at radius 3 is 2.78 bits per heavy atom. The van der Waals surface area contributed by atoms with Crippen LogP contribution in [0.3, 0.4) is 0 Å². The van der Waals surface area contributed by atoms with Crippen LogP contribution in [0, 0.1) is 5.92 Å². The SMILES string of the molecule is [2H]N1CC(C(=O)N2CCc3c(cccc3Nc3ccc(C(F)(F)F)nc3)C2)C1. The number of carbonyl (C=O) groups excluding carboxylic acids is 1. The highest BCUT2D eigenvalue weighted by Gasteiger charge is 2.33. The van der Waals surface area contributed by atoms with Gasteiger partial charge < -0.3 is 15.5 Å². The third-order valence-electron chi connectivity index (χ3n) is 4.96. The average molecular weight is 377 g/mol. The van der Waals surface area contributed by atoms with E-state index in [1.165, 1.54) is 17.6 Å². The number of nitrogens with one attached hydrogen (secondary N) is 2. The van der Waals surface area contributed by atoms with Crippen LogP contribution in [0.2, 0.25) is 1.41 Å². The van der Waals surface area contributed by atoms with Gasteiger partial charge in [-0.2, -0.15) is 13.2 Å². The van der Waals surface area contributed by atoms with Gasteiger partial charge in [-0.1, -0.05) is 12.1 Å². The Balaban J connectivity index is 1.48. The van der Waals surface area contributed by atoms with E-state index in [-0.39, 0.29) is 11.8 Å². The van der Waals surface area contributed by atoms with Crippen LogP contribution in [0.25, 0.3) is 0 Å². The van der Waals surface area contributed by atoms with E-state index in [0.717, 1.165) is 22.9 Å². The number of carbonyl (C=O) groups is 1. The molecule has 0 atom stereocenters. The molecular weight excluding hydrogens is 357 g/mol. The summed E-state index contributed by atoms with van der Waals surface area (Å²) in [5.41, 5.74) is 2.44. The minimum Gasteiger partial charge on any atom is -0.354 e. The van der Waals surface area contributed by atoms with Crippen molar-refractivity contribution in [3.63, 3.8) is 0 Å². The number of anilines is 2. The number of halogens is 3. The fourth-order valence-corrected chi connectivity index (χ4v) is 3.38. The van der Waals surface area contributed by atoms with Crippen molar-refractivity contribution < 1.29 is 19.4 Å². The van der Waals surface area contributed by atoms with E-state index in [0.29, 0.717) is 38.3 Å². The largest absolute Gasteiger partial charge is 0.433 e. The van der Waals surface area contributed by atoms with Crippen LogP contribution in [0.1, 0.15) is 16.8 Å². The van der Waals surface area contributed by atoms with Crippen molar-refractivity contribution in [2.24, 2.45) is 5.92 Å². The Labute approximate surface area is 156 Å². The molecule has 2 aliphatic rings. The molecule has 1 saturated heterocycles. The van der Waals surface area contributed by atoms with Crippen LogP contribution in [0.4, 0.5) is 24.5 Å². The van der Waals surface area contributed by atoms with Gasteiger partial charge in [-0.15, -0.1) is 0 Å². The number of benzene rings is 1. The van der Waals surface area contributed by atoms with Crippen LogP contribution in [-0.2, 0) is 23.9 Å². The molecule has 2 aromatic rings. The first kappa shape index (κ1) is 16.6. The standard InChI is InChI=1S/C19H19F3N4O/c20-19(21,22)17-5-4-14(10-24-17)25-16-3-1-2-12-11-26(7-6-15(12)16)18(27)13-8-23-9-13/h1-5,10,13,23,25H,6-9,11H2/i/hD. The summed E-state index contributed by atoms with van der Waals surface area (Å²) in [7, 11) is 0. The molecule has 0 unspecified atom stereocenters. The van der Waals surface area contributed by atoms with E-state index >= 15 is 0 Å². The first-order chi connectivity index (χ1) is 13.3. The summed E-state index contributed by atoms with van der Waals surface area (Å²) in [4.78, 5) is 17.8. The Kier molecular flexibility index (Phi) is 4.20. The summed E-state index contributed by atoms with van der Waals surface area (Å²) in [6, 6.07) is 8.01. The maximum absolute atomic E-state index is 12.7. The highest BCUT2D eigenvalue weighted by Crippen LogP contribution is 2.31. The molecule has 5 nitrogen and oxygen atoms in total. The van der Waals surface area contributed by atoms with Gasteiger partial charge in [0.2, 0.25) is 5.91 Å². The monoisotopic (exact) mass is 377 g/mol. The van der Waals surface area contributed by atoms with Gasteiger partial charge in [-0.05, 0) is 35.7 Å². The van der Waals surface area contributed by atoms with Crippen molar-refractivity contribution in [1.29, 1.82) is 0 Å². The van der Waals surface area contributed by atoms with Crippen LogP contribution >= 0.6 is 0 Å². The predicted octanol–water partition coefficient (Wildman–Crippen LogP) is 2.95. The summed E-state index contributed by atoms with van der Waals surface area (Å²) < 4.78 is 45.4. The number of alkyl halides is 3. The molecule has 27 heavy (non-hydrogen) atoms. The molecule has 0 saturated carbocycles. The van der Waals surface area contributed by atoms with Gasteiger partial charge in [0, 0.05) is 31.9 Å². The zero-order valence-corrected chi connectivity index (χ0v) is 14.5. The van der Waals surface area contributed by atoms with E-state index in [1.54, 1.807) is 0 Å². The van der Waals surface area contributed by atoms with Gasteiger partial charge in [0.25, 0.3) is 0 Å². The molecule has 0 bridgehead atoms. The van der Waals surface area contributed by atoms with Crippen molar-refractivity contribution in [2.45, 2.75) is 19.1 Å². The number of aromatic nitrogens is 1. The molecule has 1 amide bonds. The van der Waals surface area contributed by atoms with Gasteiger partial charge in [0.15, 0.2) is 0 Å². The molecule has 3 heterocycles. The van der Waals surface area contributed by atoms with Crippen LogP contribution in [0.5, 0.6) is 0 Å². The van der Waals surface area contributed by atoms with Crippen molar-refractivity contribution in [3.8, 4) is 0 Å². The fourth-order valence-electron chi connectivity index (χ4n) is 3.38. The van der Waals surface area contributed by atoms with Gasteiger partial charge >= 0.3 is 6.18 Å². The lowest BCUT2D eigenvalue weighted by Crippen LogP contribution is -2.52. The molecule has 142 valence electrons. The summed E-state index contributed by atoms with van der Waals surface area (Å²) in [5, 5.41) is 4.52. The van der Waals surface area contributed by atoms with Gasteiger partial charge in [-0.3, -0.25) is 4.79 Å². The number of rotatable bonds is 3. The Bertz CT molecular complexity index is 882. The zero-order valence-electron chi connectivity index (χ0n) is 15.5. The van der Waals surface area contributed by atoms with Gasteiger partial charge in [0.1, 0.15) is 7.11 Å². The lowest BCUT2D eigenvalue weighted by Gasteiger charge is -2.35. The van der Waals surface area contributed by atoms with Crippen molar-refractivity contribution in [3.05, 3.63) is 53.3 Å². The Morgan fingerprint density at radius 1 is 1.30 bits per heavy atom. The number of fused-ring (bicyclic) bond motifs is 1. The summed E-state index contributed by atoms with van der Waals surface area (Å²) in [6.45, 7) is 2.04. The second-order valence-corrected chi connectivity index (χ2v) is 6.79. The second-order valence-electron chi connectivity index (χ2n) is 6.79. The first-order valence-electron chi connectivity index (χ1n) is 9.19. The van der Waals surface area contributed by atoms with Crippen LogP contribution in [-0.4, -0.2) is 35.4 Å². The van der Waals surface area contributed by atoms with Crippen molar-refractivity contribution >= 4 is 17.3 Å². The van der Waals surface area contributed by atoms with E-state index in [9.17, 15) is 18.0 Å². The molecule has 2 N–H and O–H groups in total. The Hall–Kier alpha value is -2.61. The number of pyridine rings is 1. The highest BCUT2D eigenvalue weighted by atomic mass is 19.4. The minimum absolute atomic E-state index is 0.0828. The molecule has 0 aliphatic carbocycles. The van der Waals surface area contributed by atoms with Gasteiger partial charge in [-0.25, -0.2) is 4.98 Å². The smallest absolute Gasteiger partial charge is 0.354 e. The zero-order chi connectivity index (χ0) is 19.9. The third-order valence-corrected chi connectivity index (χ3v) is 4.96. The molecule has 1 fully saturated rings. The Morgan fingerprint density at radius 2 is 2.11 bits per heavy atom. The molecule has 4 rings (SSSR count). The second kappa shape index (κ2) is 6.84. The summed E-state index contributed by atoms with van der Waals surface area (Å²) >= 11 is 0. The fraction of sp³-hybridized carbons (Fsp3) is 0.368. The summed E-state index contributed by atoms with van der Waals surface area (Å²) in [6.07, 6.45) is -2.63. The average Bonchev–Trinajstić information content (AvgIpc) is 2.64. The van der Waals surface area contributed by atoms with E-state index in [2.05, 4.69) is 10.3 Å². The number of nitrogens with zero attached hydrogens (tertiary/aromatic N) is 2. The number of amides is 1. The third kappa shape index (κ3) is 3.62. The molecule has 8 heteroatoms. The molecule has 2 aliphatic heterocycles. The highest BCUT2D eigenvalue weighted by molar-refractivity contribution is 5.81. The lowest BCUT2D eigenvalue weighted by atomic mass is 9.95. The maximum atomic E-state index is 12.7. The van der Waals surface area contributed by atoms with Crippen molar-refractivity contribution in [2.75, 3.05) is 25.0 Å². The minimum atomic E-state index is -4.46. The lowest BCUT2D eigenvalue weighted by molar-refractivity contribution is -0.141.